The third-order valence-electron chi connectivity index (χ3n) is 3.88. The molecule has 0 bridgehead atoms. The van der Waals surface area contributed by atoms with E-state index >= 15 is 0 Å². The van der Waals surface area contributed by atoms with E-state index in [9.17, 15) is 19.5 Å². The van der Waals surface area contributed by atoms with Crippen molar-refractivity contribution in [3.63, 3.8) is 0 Å². The van der Waals surface area contributed by atoms with Gasteiger partial charge in [0.25, 0.3) is 0 Å². The fraction of sp³-hybridized carbons (Fsp3) is 0.647. The van der Waals surface area contributed by atoms with Crippen LogP contribution in [0, 0.1) is 0 Å². The summed E-state index contributed by atoms with van der Waals surface area (Å²) in [7, 11) is -7.89. The Morgan fingerprint density at radius 2 is 1.34 bits per heavy atom. The molecule has 0 aromatic heterocycles. The molecule has 1 aromatic carbocycles. The molecule has 0 saturated carbocycles. The van der Waals surface area contributed by atoms with Gasteiger partial charge < -0.3 is 19.1 Å². The maximum Gasteiger partial charge on any atom is 0.524 e. The molecule has 29 heavy (non-hydrogen) atoms. The summed E-state index contributed by atoms with van der Waals surface area (Å²) in [5, 5.41) is 11.3. The monoisotopic (exact) mass is 504 g/mol. The summed E-state index contributed by atoms with van der Waals surface area (Å²) in [4.78, 5) is 18.5. The van der Waals surface area contributed by atoms with Gasteiger partial charge in [-0.05, 0) is 18.2 Å². The highest BCUT2D eigenvalue weighted by molar-refractivity contribution is 7.46. The van der Waals surface area contributed by atoms with E-state index in [0.717, 1.165) is 18.2 Å². The Hall–Kier alpha value is 0.0638. The van der Waals surface area contributed by atoms with Gasteiger partial charge in [-0.15, -0.1) is 0 Å². The van der Waals surface area contributed by atoms with Gasteiger partial charge in [0.2, 0.25) is 0 Å². The van der Waals surface area contributed by atoms with Crippen molar-refractivity contribution in [3.8, 4) is 5.75 Å². The van der Waals surface area contributed by atoms with Crippen LogP contribution in [-0.4, -0.2) is 44.3 Å². The normalized spacial score (nSPS) is 13.6. The lowest BCUT2D eigenvalue weighted by Crippen LogP contribution is -2.37. The topological polar surface area (TPSA) is 105 Å². The first-order chi connectivity index (χ1) is 12.9. The molecule has 1 rings (SSSR count). The van der Waals surface area contributed by atoms with E-state index in [0.29, 0.717) is 0 Å². The van der Waals surface area contributed by atoms with E-state index in [1.54, 1.807) is 0 Å². The summed E-state index contributed by atoms with van der Waals surface area (Å²) in [6.07, 6.45) is 0. The standard InChI is InChI=1S/C17H31Cl2O7PSi2/c1-28(2,3)9-7-24-17(20,25-8-10-29(4,5)6)13-11-14(18)15(19)12-16(13)26-27(21,22)23/h11-12,20H,7-10H2,1-6H3,(H2,21,22,23). The number of benzene rings is 1. The molecule has 12 heteroatoms. The number of halogens is 2. The van der Waals surface area contributed by atoms with Crippen molar-refractivity contribution in [1.29, 1.82) is 0 Å². The first kappa shape index (κ1) is 27.1. The van der Waals surface area contributed by atoms with Crippen LogP contribution in [0.3, 0.4) is 0 Å². The summed E-state index contributed by atoms with van der Waals surface area (Å²) >= 11 is 12.1. The van der Waals surface area contributed by atoms with Gasteiger partial charge in [-0.2, -0.15) is 0 Å². The predicted molar refractivity (Wildman–Crippen MR) is 121 cm³/mol. The molecule has 0 unspecified atom stereocenters. The van der Waals surface area contributed by atoms with Gasteiger partial charge in [-0.1, -0.05) is 62.5 Å². The van der Waals surface area contributed by atoms with Crippen molar-refractivity contribution in [1.82, 2.24) is 0 Å². The molecule has 0 atom stereocenters. The molecule has 0 aliphatic heterocycles. The maximum atomic E-state index is 11.4. The van der Waals surface area contributed by atoms with Crippen molar-refractivity contribution in [3.05, 3.63) is 27.7 Å². The van der Waals surface area contributed by atoms with Gasteiger partial charge >= 0.3 is 13.8 Å². The summed E-state index contributed by atoms with van der Waals surface area (Å²) in [5.74, 6) is -2.66. The number of aliphatic hydroxyl groups is 1. The number of phosphoric ester groups is 1. The second kappa shape index (κ2) is 10.1. The molecule has 0 fully saturated rings. The second-order valence-corrected chi connectivity index (χ2v) is 22.5. The van der Waals surface area contributed by atoms with Crippen molar-refractivity contribution < 1.29 is 33.5 Å². The Balaban J connectivity index is 3.31. The molecule has 1 aromatic rings. The van der Waals surface area contributed by atoms with Gasteiger partial charge in [0.05, 0.1) is 28.8 Å². The molecule has 0 aliphatic carbocycles. The zero-order valence-corrected chi connectivity index (χ0v) is 22.1. The highest BCUT2D eigenvalue weighted by atomic mass is 35.5. The van der Waals surface area contributed by atoms with E-state index in [1.807, 2.05) is 0 Å². The Kier molecular flexibility index (Phi) is 9.46. The van der Waals surface area contributed by atoms with E-state index in [1.165, 1.54) is 6.07 Å². The van der Waals surface area contributed by atoms with Crippen LogP contribution in [-0.2, 0) is 20.0 Å². The average molecular weight is 505 g/mol. The molecular weight excluding hydrogens is 474 g/mol. The summed E-state index contributed by atoms with van der Waals surface area (Å²) < 4.78 is 27.6. The van der Waals surface area contributed by atoms with E-state index in [-0.39, 0.29) is 34.6 Å². The number of phosphoric acid groups is 1. The summed E-state index contributed by atoms with van der Waals surface area (Å²) in [6, 6.07) is 3.83. The van der Waals surface area contributed by atoms with Crippen LogP contribution in [0.2, 0.25) is 61.4 Å². The number of hydrogen-bond donors (Lipinski definition) is 3. The van der Waals surface area contributed by atoms with Crippen LogP contribution in [0.15, 0.2) is 12.1 Å². The molecule has 168 valence electrons. The van der Waals surface area contributed by atoms with E-state index < -0.39 is 29.9 Å². The molecule has 0 aliphatic rings. The molecule has 0 spiro atoms. The molecule has 0 radical (unpaired) electrons. The first-order valence-electron chi connectivity index (χ1n) is 9.17. The SMILES string of the molecule is C[Si](C)(C)CCOC(O)(OCC[Si](C)(C)C)c1cc(Cl)c(Cl)cc1OP(=O)(O)O. The molecule has 7 nitrogen and oxygen atoms in total. The molecule has 0 amide bonds. The van der Waals surface area contributed by atoms with Crippen molar-refractivity contribution in [2.45, 2.75) is 57.3 Å². The van der Waals surface area contributed by atoms with Crippen molar-refractivity contribution in [2.24, 2.45) is 0 Å². The van der Waals surface area contributed by atoms with Crippen LogP contribution in [0.5, 0.6) is 5.75 Å². The van der Waals surface area contributed by atoms with E-state index in [2.05, 4.69) is 39.3 Å². The van der Waals surface area contributed by atoms with Gasteiger partial charge in [0, 0.05) is 22.2 Å². The lowest BCUT2D eigenvalue weighted by Gasteiger charge is -2.32. The molecular formula is C17H31Cl2O7PSi2. The Bertz CT molecular complexity index is 725. The first-order valence-corrected chi connectivity index (χ1v) is 18.9. The molecule has 0 heterocycles. The molecule has 0 saturated heterocycles. The number of rotatable bonds is 11. The maximum absolute atomic E-state index is 11.4. The van der Waals surface area contributed by atoms with E-state index in [4.69, 9.17) is 37.2 Å². The zero-order chi connectivity index (χ0) is 22.7. The Labute approximate surface area is 184 Å². The quantitative estimate of drug-likeness (QED) is 0.214. The van der Waals surface area contributed by atoms with Gasteiger partial charge in [-0.3, -0.25) is 9.79 Å². The lowest BCUT2D eigenvalue weighted by molar-refractivity contribution is -0.370. The fourth-order valence-corrected chi connectivity index (χ4v) is 4.32. The minimum atomic E-state index is -4.93. The van der Waals surface area contributed by atoms with Gasteiger partial charge in [0.15, 0.2) is 0 Å². The third kappa shape index (κ3) is 10.3. The highest BCUT2D eigenvalue weighted by Crippen LogP contribution is 2.45. The number of ether oxygens (including phenoxy) is 2. The van der Waals surface area contributed by atoms with Gasteiger partial charge in [0.1, 0.15) is 5.75 Å². The van der Waals surface area contributed by atoms with Crippen molar-refractivity contribution in [2.75, 3.05) is 13.2 Å². The fourth-order valence-electron chi connectivity index (χ4n) is 2.17. The molecule has 3 N–H and O–H groups in total. The summed E-state index contributed by atoms with van der Waals surface area (Å²) in [5.41, 5.74) is -0.152. The van der Waals surface area contributed by atoms with Crippen LogP contribution >= 0.6 is 31.0 Å². The largest absolute Gasteiger partial charge is 0.524 e. The van der Waals surface area contributed by atoms with Crippen LogP contribution in [0.1, 0.15) is 5.56 Å². The number of hydrogen-bond acceptors (Lipinski definition) is 5. The minimum Gasteiger partial charge on any atom is -0.404 e. The van der Waals surface area contributed by atoms with Crippen LogP contribution < -0.4 is 4.52 Å². The van der Waals surface area contributed by atoms with Crippen LogP contribution in [0.25, 0.3) is 0 Å². The zero-order valence-electron chi connectivity index (χ0n) is 17.7. The Morgan fingerprint density at radius 1 is 0.931 bits per heavy atom. The Morgan fingerprint density at radius 3 is 1.72 bits per heavy atom. The third-order valence-corrected chi connectivity index (χ3v) is 8.44. The smallest absolute Gasteiger partial charge is 0.404 e. The highest BCUT2D eigenvalue weighted by Gasteiger charge is 2.38. The van der Waals surface area contributed by atoms with Gasteiger partial charge in [-0.25, -0.2) is 4.57 Å². The van der Waals surface area contributed by atoms with Crippen LogP contribution in [0.4, 0.5) is 0 Å². The lowest BCUT2D eigenvalue weighted by atomic mass is 10.1. The van der Waals surface area contributed by atoms with Crippen molar-refractivity contribution >= 4 is 47.2 Å². The minimum absolute atomic E-state index is 0.00501. The summed E-state index contributed by atoms with van der Waals surface area (Å²) in [6.45, 7) is 13.3. The second-order valence-electron chi connectivity index (χ2n) is 9.24. The average Bonchev–Trinajstić information content (AvgIpc) is 2.46. The predicted octanol–water partition coefficient (Wildman–Crippen LogP) is 5.28.